The molecular weight excluding hydrogens is 124 g/mol. The summed E-state index contributed by atoms with van der Waals surface area (Å²) in [5, 5.41) is 9.00. The van der Waals surface area contributed by atoms with Crippen molar-refractivity contribution in [2.24, 2.45) is 11.8 Å². The van der Waals surface area contributed by atoms with Crippen molar-refractivity contribution >= 4 is 0 Å². The third-order valence-corrected chi connectivity index (χ3v) is 2.47. The van der Waals surface area contributed by atoms with Gasteiger partial charge in [-0.15, -0.1) is 0 Å². The topological polar surface area (TPSA) is 20.2 Å². The number of rotatable bonds is 4. The molecule has 0 amide bonds. The van der Waals surface area contributed by atoms with Gasteiger partial charge in [-0.1, -0.05) is 6.92 Å². The van der Waals surface area contributed by atoms with Gasteiger partial charge in [-0.05, 0) is 44.4 Å². The van der Waals surface area contributed by atoms with Crippen molar-refractivity contribution in [2.75, 3.05) is 0 Å². The van der Waals surface area contributed by atoms with Gasteiger partial charge in [0.15, 0.2) is 0 Å². The first-order valence-corrected chi connectivity index (χ1v) is 4.38. The van der Waals surface area contributed by atoms with Crippen LogP contribution in [0.25, 0.3) is 0 Å². The van der Waals surface area contributed by atoms with Crippen molar-refractivity contribution in [1.82, 2.24) is 0 Å². The molecule has 0 bridgehead atoms. The van der Waals surface area contributed by atoms with Gasteiger partial charge in [0.25, 0.3) is 0 Å². The summed E-state index contributed by atoms with van der Waals surface area (Å²) in [6.45, 7) is 4.18. The first kappa shape index (κ1) is 8.06. The van der Waals surface area contributed by atoms with Gasteiger partial charge in [-0.3, -0.25) is 0 Å². The fourth-order valence-corrected chi connectivity index (χ4v) is 1.41. The lowest BCUT2D eigenvalue weighted by molar-refractivity contribution is 0.172. The van der Waals surface area contributed by atoms with Gasteiger partial charge < -0.3 is 5.11 Å². The Bertz CT molecular complexity index is 94.9. The summed E-state index contributed by atoms with van der Waals surface area (Å²) in [6.07, 6.45) is 4.96. The van der Waals surface area contributed by atoms with Crippen molar-refractivity contribution in [2.45, 2.75) is 45.6 Å². The molecule has 0 spiro atoms. The van der Waals surface area contributed by atoms with Crippen LogP contribution >= 0.6 is 0 Å². The third kappa shape index (κ3) is 2.70. The average Bonchev–Trinajstić information content (AvgIpc) is 2.63. The molecule has 0 radical (unpaired) electrons. The van der Waals surface area contributed by atoms with E-state index in [0.717, 1.165) is 18.3 Å². The van der Waals surface area contributed by atoms with E-state index in [1.165, 1.54) is 19.3 Å². The van der Waals surface area contributed by atoms with E-state index in [4.69, 9.17) is 5.11 Å². The molecule has 1 fully saturated rings. The molecule has 2 atom stereocenters. The van der Waals surface area contributed by atoms with Crippen molar-refractivity contribution in [1.29, 1.82) is 0 Å². The Kier molecular flexibility index (Phi) is 2.72. The Morgan fingerprint density at radius 3 is 2.30 bits per heavy atom. The van der Waals surface area contributed by atoms with Crippen LogP contribution in [0.4, 0.5) is 0 Å². The molecule has 0 heterocycles. The molecule has 1 unspecified atom stereocenters. The van der Waals surface area contributed by atoms with Crippen molar-refractivity contribution in [3.05, 3.63) is 0 Å². The largest absolute Gasteiger partial charge is 0.393 e. The number of aliphatic hydroxyl groups excluding tert-OH is 1. The van der Waals surface area contributed by atoms with Gasteiger partial charge in [0, 0.05) is 0 Å². The summed E-state index contributed by atoms with van der Waals surface area (Å²) < 4.78 is 0. The van der Waals surface area contributed by atoms with Crippen LogP contribution in [0.2, 0.25) is 0 Å². The number of hydrogen-bond acceptors (Lipinski definition) is 1. The molecule has 1 rings (SSSR count). The van der Waals surface area contributed by atoms with Gasteiger partial charge in [-0.2, -0.15) is 0 Å². The van der Waals surface area contributed by atoms with E-state index in [9.17, 15) is 0 Å². The van der Waals surface area contributed by atoms with Gasteiger partial charge in [-0.25, -0.2) is 0 Å². The van der Waals surface area contributed by atoms with Crippen LogP contribution in [0.1, 0.15) is 39.5 Å². The zero-order chi connectivity index (χ0) is 7.56. The molecule has 1 N–H and O–H groups in total. The lowest BCUT2D eigenvalue weighted by atomic mass is 9.99. The van der Waals surface area contributed by atoms with Crippen molar-refractivity contribution < 1.29 is 5.11 Å². The Balaban J connectivity index is 2.00. The molecule has 10 heavy (non-hydrogen) atoms. The molecule has 0 aromatic carbocycles. The molecule has 60 valence electrons. The lowest BCUT2D eigenvalue weighted by Gasteiger charge is -2.10. The molecule has 1 saturated carbocycles. The van der Waals surface area contributed by atoms with Crippen molar-refractivity contribution in [3.8, 4) is 0 Å². The number of aliphatic hydroxyl groups is 1. The minimum Gasteiger partial charge on any atom is -0.393 e. The van der Waals surface area contributed by atoms with E-state index in [0.29, 0.717) is 0 Å². The maximum atomic E-state index is 9.00. The average molecular weight is 142 g/mol. The highest BCUT2D eigenvalue weighted by atomic mass is 16.3. The smallest absolute Gasteiger partial charge is 0.0512 e. The molecule has 0 aromatic heterocycles. The predicted octanol–water partition coefficient (Wildman–Crippen LogP) is 2.19. The van der Waals surface area contributed by atoms with Crippen LogP contribution < -0.4 is 0 Å². The van der Waals surface area contributed by atoms with E-state index in [1.54, 1.807) is 0 Å². The predicted molar refractivity (Wildman–Crippen MR) is 42.8 cm³/mol. The molecule has 0 saturated heterocycles. The molecule has 1 nitrogen and oxygen atoms in total. The second kappa shape index (κ2) is 3.38. The molecule has 1 heteroatoms. The first-order valence-electron chi connectivity index (χ1n) is 4.38. The van der Waals surface area contributed by atoms with Crippen LogP contribution in [0.15, 0.2) is 0 Å². The fourth-order valence-electron chi connectivity index (χ4n) is 1.41. The summed E-state index contributed by atoms with van der Waals surface area (Å²) in [5.41, 5.74) is 0. The summed E-state index contributed by atoms with van der Waals surface area (Å²) in [4.78, 5) is 0. The summed E-state index contributed by atoms with van der Waals surface area (Å²) >= 11 is 0. The van der Waals surface area contributed by atoms with Crippen molar-refractivity contribution in [3.63, 3.8) is 0 Å². The Labute approximate surface area is 63.4 Å². The normalized spacial score (nSPS) is 24.3. The highest BCUT2D eigenvalue weighted by Crippen LogP contribution is 2.38. The molecule has 0 aromatic rings. The van der Waals surface area contributed by atoms with Crippen LogP contribution in [-0.2, 0) is 0 Å². The second-order valence-corrected chi connectivity index (χ2v) is 3.74. The Morgan fingerprint density at radius 1 is 1.30 bits per heavy atom. The number of hydrogen-bond donors (Lipinski definition) is 1. The van der Waals surface area contributed by atoms with Gasteiger partial charge in [0.1, 0.15) is 0 Å². The van der Waals surface area contributed by atoms with Crippen LogP contribution in [0.3, 0.4) is 0 Å². The van der Waals surface area contributed by atoms with E-state index >= 15 is 0 Å². The molecule has 1 aliphatic rings. The van der Waals surface area contributed by atoms with E-state index in [2.05, 4.69) is 6.92 Å². The van der Waals surface area contributed by atoms with Gasteiger partial charge in [0.2, 0.25) is 0 Å². The Morgan fingerprint density at radius 2 is 1.90 bits per heavy atom. The van der Waals surface area contributed by atoms with Crippen LogP contribution in [-0.4, -0.2) is 11.2 Å². The lowest BCUT2D eigenvalue weighted by Crippen LogP contribution is -2.04. The summed E-state index contributed by atoms with van der Waals surface area (Å²) in [6, 6.07) is 0. The molecule has 1 aliphatic carbocycles. The summed E-state index contributed by atoms with van der Waals surface area (Å²) in [5.74, 6) is 1.85. The first-order chi connectivity index (χ1) is 4.70. The second-order valence-electron chi connectivity index (χ2n) is 3.74. The van der Waals surface area contributed by atoms with Crippen LogP contribution in [0, 0.1) is 11.8 Å². The standard InChI is InChI=1S/C9H18O/c1-7(9-5-6-9)3-4-8(2)10/h7-10H,3-6H2,1-2H3/t7?,8-/m1/s1. The van der Waals surface area contributed by atoms with Gasteiger partial charge in [0.05, 0.1) is 6.10 Å². The maximum absolute atomic E-state index is 9.00. The minimum atomic E-state index is -0.0961. The SMILES string of the molecule is CC(CC[C@@H](C)O)C1CC1. The van der Waals surface area contributed by atoms with Crippen LogP contribution in [0.5, 0.6) is 0 Å². The highest BCUT2D eigenvalue weighted by Gasteiger charge is 2.27. The minimum absolute atomic E-state index is 0.0961. The molecule has 0 aliphatic heterocycles. The zero-order valence-electron chi connectivity index (χ0n) is 7.01. The monoisotopic (exact) mass is 142 g/mol. The quantitative estimate of drug-likeness (QED) is 0.638. The summed E-state index contributed by atoms with van der Waals surface area (Å²) in [7, 11) is 0. The van der Waals surface area contributed by atoms with E-state index in [1.807, 2.05) is 6.92 Å². The van der Waals surface area contributed by atoms with E-state index < -0.39 is 0 Å². The zero-order valence-corrected chi connectivity index (χ0v) is 7.01. The van der Waals surface area contributed by atoms with E-state index in [-0.39, 0.29) is 6.10 Å². The fraction of sp³-hybridized carbons (Fsp3) is 1.00. The third-order valence-electron chi connectivity index (χ3n) is 2.47. The van der Waals surface area contributed by atoms with Gasteiger partial charge >= 0.3 is 0 Å². The maximum Gasteiger partial charge on any atom is 0.0512 e. The highest BCUT2D eigenvalue weighted by molar-refractivity contribution is 4.78. The Hall–Kier alpha value is -0.0400. The molecular formula is C9H18O.